The van der Waals surface area contributed by atoms with Crippen LogP contribution in [0.5, 0.6) is 0 Å². The molecule has 2 amide bonds. The number of pyridine rings is 1. The van der Waals surface area contributed by atoms with E-state index in [1.807, 2.05) is 54.4 Å². The van der Waals surface area contributed by atoms with E-state index in [0.717, 1.165) is 59.9 Å². The van der Waals surface area contributed by atoms with Gasteiger partial charge >= 0.3 is 0 Å². The van der Waals surface area contributed by atoms with Gasteiger partial charge in [0.2, 0.25) is 5.91 Å². The van der Waals surface area contributed by atoms with Crippen molar-refractivity contribution in [3.05, 3.63) is 66.4 Å². The number of hydrogen-bond acceptors (Lipinski definition) is 5. The highest BCUT2D eigenvalue weighted by molar-refractivity contribution is 5.96. The lowest BCUT2D eigenvalue weighted by molar-refractivity contribution is -0.152. The molecule has 5 rings (SSSR count). The Morgan fingerprint density at radius 1 is 1.03 bits per heavy atom. The monoisotopic (exact) mass is 458 g/mol. The third-order valence-corrected chi connectivity index (χ3v) is 7.44. The summed E-state index contributed by atoms with van der Waals surface area (Å²) in [6.07, 6.45) is 4.75. The minimum atomic E-state index is -0.776. The van der Waals surface area contributed by atoms with Gasteiger partial charge in [0.05, 0.1) is 10.9 Å². The Kier molecular flexibility index (Phi) is 6.06. The van der Waals surface area contributed by atoms with Crippen molar-refractivity contribution in [2.75, 3.05) is 19.6 Å². The number of carbonyl (C=O) groups excluding carboxylic acids is 2. The van der Waals surface area contributed by atoms with Crippen molar-refractivity contribution < 1.29 is 14.8 Å². The number of para-hydroxylation sites is 1. The maximum Gasteiger partial charge on any atom is 0.281 e. The fourth-order valence-electron chi connectivity index (χ4n) is 5.46. The molecule has 7 heteroatoms. The lowest BCUT2D eigenvalue weighted by Gasteiger charge is -2.38. The summed E-state index contributed by atoms with van der Waals surface area (Å²) in [6.45, 7) is 3.91. The van der Waals surface area contributed by atoms with E-state index in [1.54, 1.807) is 10.4 Å². The lowest BCUT2D eigenvalue weighted by Crippen LogP contribution is -2.59. The molecule has 2 aliphatic heterocycles. The summed E-state index contributed by atoms with van der Waals surface area (Å²) < 4.78 is 0. The van der Waals surface area contributed by atoms with E-state index in [-0.39, 0.29) is 5.91 Å². The average Bonchev–Trinajstić information content (AvgIpc) is 3.19. The molecule has 176 valence electrons. The number of benzene rings is 2. The van der Waals surface area contributed by atoms with Gasteiger partial charge in [-0.25, -0.2) is 5.48 Å². The standard InChI is InChI=1S/C27H30N4O3/c1-27(14-18-31(26(27)33)25(24(32)29-34)30-16-5-2-6-17-30)20-11-9-19(10-12-20)21-13-15-28-23-8-4-3-7-22(21)23/h3-4,7-13,15,25,34H,2,5-6,14,16-18H2,1H3,(H,29,32). The zero-order chi connectivity index (χ0) is 23.7. The number of hydrogen-bond donors (Lipinski definition) is 2. The third-order valence-electron chi connectivity index (χ3n) is 7.44. The second-order valence-electron chi connectivity index (χ2n) is 9.48. The molecule has 0 spiro atoms. The molecule has 2 aliphatic rings. The zero-order valence-electron chi connectivity index (χ0n) is 19.4. The van der Waals surface area contributed by atoms with Crippen molar-refractivity contribution in [2.24, 2.45) is 0 Å². The quantitative estimate of drug-likeness (QED) is 0.450. The fraction of sp³-hybridized carbons (Fsp3) is 0.370. The van der Waals surface area contributed by atoms with Gasteiger partial charge in [-0.3, -0.25) is 24.7 Å². The molecule has 0 radical (unpaired) electrons. The third kappa shape index (κ3) is 3.85. The van der Waals surface area contributed by atoms with E-state index >= 15 is 0 Å². The van der Waals surface area contributed by atoms with E-state index in [0.29, 0.717) is 13.0 Å². The summed E-state index contributed by atoms with van der Waals surface area (Å²) in [7, 11) is 0. The van der Waals surface area contributed by atoms with Crippen molar-refractivity contribution in [2.45, 2.75) is 44.2 Å². The van der Waals surface area contributed by atoms with Gasteiger partial charge in [-0.2, -0.15) is 0 Å². The van der Waals surface area contributed by atoms with Crippen LogP contribution in [0, 0.1) is 0 Å². The number of hydroxylamine groups is 1. The first-order valence-electron chi connectivity index (χ1n) is 12.0. The normalized spacial score (nSPS) is 22.2. The van der Waals surface area contributed by atoms with Crippen LogP contribution in [-0.2, 0) is 15.0 Å². The number of fused-ring (bicyclic) bond motifs is 1. The maximum absolute atomic E-state index is 13.7. The second-order valence-corrected chi connectivity index (χ2v) is 9.48. The summed E-state index contributed by atoms with van der Waals surface area (Å²) in [6, 6.07) is 18.2. The molecule has 34 heavy (non-hydrogen) atoms. The topological polar surface area (TPSA) is 85.8 Å². The molecule has 0 aliphatic carbocycles. The van der Waals surface area contributed by atoms with Gasteiger partial charge < -0.3 is 4.90 Å². The average molecular weight is 459 g/mol. The molecular formula is C27H30N4O3. The van der Waals surface area contributed by atoms with Crippen LogP contribution in [0.15, 0.2) is 60.8 Å². The van der Waals surface area contributed by atoms with Gasteiger partial charge in [0.15, 0.2) is 6.17 Å². The number of nitrogens with zero attached hydrogens (tertiary/aromatic N) is 3. The number of aromatic nitrogens is 1. The molecule has 1 aromatic heterocycles. The van der Waals surface area contributed by atoms with Crippen molar-refractivity contribution in [1.29, 1.82) is 0 Å². The Balaban J connectivity index is 1.42. The highest BCUT2D eigenvalue weighted by Crippen LogP contribution is 2.38. The predicted octanol–water partition coefficient (Wildman–Crippen LogP) is 3.71. The SMILES string of the molecule is CC1(c2ccc(-c3ccnc4ccccc34)cc2)CCN(C(C(=O)NO)N2CCCCC2)C1=O. The van der Waals surface area contributed by atoms with Crippen molar-refractivity contribution in [3.8, 4) is 11.1 Å². The first-order valence-corrected chi connectivity index (χ1v) is 12.0. The molecule has 3 heterocycles. The maximum atomic E-state index is 13.7. The summed E-state index contributed by atoms with van der Waals surface area (Å²) in [5.74, 6) is -0.617. The largest absolute Gasteiger partial charge is 0.317 e. The number of amides is 2. The van der Waals surface area contributed by atoms with Crippen LogP contribution < -0.4 is 5.48 Å². The van der Waals surface area contributed by atoms with Gasteiger partial charge in [0.25, 0.3) is 5.91 Å². The Bertz CT molecular complexity index is 1200. The Hall–Kier alpha value is -3.29. The van der Waals surface area contributed by atoms with E-state index in [4.69, 9.17) is 0 Å². The summed E-state index contributed by atoms with van der Waals surface area (Å²) in [5.41, 5.74) is 5.12. The van der Waals surface area contributed by atoms with E-state index in [1.165, 1.54) is 0 Å². The number of carbonyl (C=O) groups is 2. The van der Waals surface area contributed by atoms with Crippen LogP contribution in [0.4, 0.5) is 0 Å². The van der Waals surface area contributed by atoms with E-state index in [2.05, 4.69) is 23.2 Å². The number of likely N-dealkylation sites (tertiary alicyclic amines) is 2. The molecule has 2 aromatic carbocycles. The molecule has 2 fully saturated rings. The Morgan fingerprint density at radius 2 is 1.76 bits per heavy atom. The smallest absolute Gasteiger partial charge is 0.281 e. The van der Waals surface area contributed by atoms with Gasteiger partial charge in [0.1, 0.15) is 0 Å². The predicted molar refractivity (Wildman–Crippen MR) is 130 cm³/mol. The first kappa shape index (κ1) is 22.5. The van der Waals surface area contributed by atoms with Gasteiger partial charge in [-0.1, -0.05) is 48.9 Å². The lowest BCUT2D eigenvalue weighted by atomic mass is 9.80. The van der Waals surface area contributed by atoms with Gasteiger partial charge in [-0.05, 0) is 55.0 Å². The highest BCUT2D eigenvalue weighted by atomic mass is 16.5. The molecule has 2 atom stereocenters. The van der Waals surface area contributed by atoms with Gasteiger partial charge in [0, 0.05) is 31.2 Å². The van der Waals surface area contributed by atoms with E-state index in [9.17, 15) is 14.8 Å². The Labute approximate surface area is 199 Å². The van der Waals surface area contributed by atoms with Crippen LogP contribution >= 0.6 is 0 Å². The summed E-state index contributed by atoms with van der Waals surface area (Å²) >= 11 is 0. The van der Waals surface area contributed by atoms with Crippen molar-refractivity contribution >= 4 is 22.7 Å². The molecule has 7 nitrogen and oxygen atoms in total. The van der Waals surface area contributed by atoms with Gasteiger partial charge in [-0.15, -0.1) is 0 Å². The molecular weight excluding hydrogens is 428 g/mol. The van der Waals surface area contributed by atoms with Crippen LogP contribution in [-0.4, -0.2) is 57.6 Å². The summed E-state index contributed by atoms with van der Waals surface area (Å²) in [5, 5.41) is 10.5. The first-order chi connectivity index (χ1) is 16.5. The number of rotatable bonds is 5. The fourth-order valence-corrected chi connectivity index (χ4v) is 5.46. The minimum Gasteiger partial charge on any atom is -0.317 e. The summed E-state index contributed by atoms with van der Waals surface area (Å²) in [4.78, 5) is 34.4. The Morgan fingerprint density at radius 3 is 2.50 bits per heavy atom. The van der Waals surface area contributed by atoms with Crippen LogP contribution in [0.1, 0.15) is 38.2 Å². The zero-order valence-corrected chi connectivity index (χ0v) is 19.4. The van der Waals surface area contributed by atoms with Crippen LogP contribution in [0.2, 0.25) is 0 Å². The van der Waals surface area contributed by atoms with Crippen LogP contribution in [0.25, 0.3) is 22.0 Å². The van der Waals surface area contributed by atoms with Crippen molar-refractivity contribution in [3.63, 3.8) is 0 Å². The van der Waals surface area contributed by atoms with E-state index < -0.39 is 17.5 Å². The van der Waals surface area contributed by atoms with Crippen molar-refractivity contribution in [1.82, 2.24) is 20.3 Å². The molecule has 2 N–H and O–H groups in total. The minimum absolute atomic E-state index is 0.0752. The highest BCUT2D eigenvalue weighted by Gasteiger charge is 2.49. The molecule has 0 saturated carbocycles. The number of nitrogens with one attached hydrogen (secondary N) is 1. The molecule has 2 saturated heterocycles. The number of piperidine rings is 1. The molecule has 2 unspecified atom stereocenters. The molecule has 3 aromatic rings. The molecule has 0 bridgehead atoms. The van der Waals surface area contributed by atoms with Crippen LogP contribution in [0.3, 0.4) is 0 Å². The second kappa shape index (κ2) is 9.16.